The van der Waals surface area contributed by atoms with Crippen molar-refractivity contribution in [3.05, 3.63) is 42.0 Å². The highest BCUT2D eigenvalue weighted by Gasteiger charge is 2.28. The third-order valence-corrected chi connectivity index (χ3v) is 5.67. The molecule has 1 fully saturated rings. The molecule has 23 heavy (non-hydrogen) atoms. The molecule has 0 spiro atoms. The van der Waals surface area contributed by atoms with Crippen molar-refractivity contribution in [3.63, 3.8) is 0 Å². The Morgan fingerprint density at radius 3 is 2.74 bits per heavy atom. The summed E-state index contributed by atoms with van der Waals surface area (Å²) in [6, 6.07) is 9.90. The topological polar surface area (TPSA) is 66.5 Å². The molecule has 5 nitrogen and oxygen atoms in total. The molecule has 6 heteroatoms. The Morgan fingerprint density at radius 1 is 1.35 bits per heavy atom. The number of hydrogen-bond acceptors (Lipinski definition) is 4. The van der Waals surface area contributed by atoms with Gasteiger partial charge >= 0.3 is 0 Å². The van der Waals surface area contributed by atoms with E-state index in [1.54, 1.807) is 0 Å². The van der Waals surface area contributed by atoms with E-state index in [0.29, 0.717) is 19.5 Å². The Hall–Kier alpha value is -1.66. The van der Waals surface area contributed by atoms with Crippen molar-refractivity contribution in [2.75, 3.05) is 38.2 Å². The van der Waals surface area contributed by atoms with E-state index in [1.807, 2.05) is 54.4 Å². The van der Waals surface area contributed by atoms with E-state index in [2.05, 4.69) is 5.32 Å². The van der Waals surface area contributed by atoms with E-state index in [9.17, 15) is 13.2 Å². The molecule has 0 aliphatic carbocycles. The Labute approximate surface area is 138 Å². The fourth-order valence-electron chi connectivity index (χ4n) is 2.75. The fraction of sp³-hybridized carbons (Fsp3) is 0.471. The lowest BCUT2D eigenvalue weighted by Crippen LogP contribution is -2.37. The van der Waals surface area contributed by atoms with Gasteiger partial charge in [0, 0.05) is 13.1 Å². The molecule has 1 aliphatic heterocycles. The largest absolute Gasteiger partial charge is 0.352 e. The highest BCUT2D eigenvalue weighted by molar-refractivity contribution is 7.91. The summed E-state index contributed by atoms with van der Waals surface area (Å²) in [5.74, 6) is 0.627. The van der Waals surface area contributed by atoms with Gasteiger partial charge in [-0.3, -0.25) is 9.69 Å². The fourth-order valence-corrected chi connectivity index (χ4v) is 4.60. The monoisotopic (exact) mass is 336 g/mol. The number of nitrogens with one attached hydrogen (secondary N) is 1. The second-order valence-corrected chi connectivity index (χ2v) is 8.31. The highest BCUT2D eigenvalue weighted by Crippen LogP contribution is 2.18. The van der Waals surface area contributed by atoms with Crippen LogP contribution in [-0.4, -0.2) is 57.4 Å². The number of rotatable bonds is 7. The van der Waals surface area contributed by atoms with Gasteiger partial charge in [-0.25, -0.2) is 8.42 Å². The number of amides is 1. The van der Waals surface area contributed by atoms with E-state index in [0.717, 1.165) is 5.56 Å². The summed E-state index contributed by atoms with van der Waals surface area (Å²) in [5, 5.41) is 2.84. The minimum atomic E-state index is -2.85. The van der Waals surface area contributed by atoms with Crippen molar-refractivity contribution in [2.45, 2.75) is 6.42 Å². The molecule has 0 saturated carbocycles. The number of carbonyl (C=O) groups excluding carboxylic acids is 1. The summed E-state index contributed by atoms with van der Waals surface area (Å²) < 4.78 is 22.9. The minimum Gasteiger partial charge on any atom is -0.352 e. The van der Waals surface area contributed by atoms with Gasteiger partial charge in [0.1, 0.15) is 0 Å². The van der Waals surface area contributed by atoms with Gasteiger partial charge in [-0.15, -0.1) is 0 Å². The third kappa shape index (κ3) is 6.54. The molecule has 1 aromatic carbocycles. The molecule has 2 rings (SSSR count). The van der Waals surface area contributed by atoms with Crippen LogP contribution < -0.4 is 5.32 Å². The molecule has 0 bridgehead atoms. The quantitative estimate of drug-likeness (QED) is 0.812. The molecule has 1 aliphatic rings. The lowest BCUT2D eigenvalue weighted by molar-refractivity contribution is -0.121. The van der Waals surface area contributed by atoms with Gasteiger partial charge in [-0.05, 0) is 24.9 Å². The number of nitrogens with zero attached hydrogens (tertiary/aromatic N) is 1. The predicted molar refractivity (Wildman–Crippen MR) is 92.7 cm³/mol. The molecule has 0 radical (unpaired) electrons. The van der Waals surface area contributed by atoms with Gasteiger partial charge in [-0.1, -0.05) is 42.5 Å². The molecule has 1 aromatic rings. The molecule has 1 saturated heterocycles. The standard InChI is InChI=1S/C17H24N2O3S/c1-19(12-16-9-11-23(21,22)14-16)13-17(20)18-10-5-8-15-6-3-2-4-7-15/h2-8,16H,9-14H2,1H3,(H,18,20)/b8-5+. The van der Waals surface area contributed by atoms with Gasteiger partial charge in [0.25, 0.3) is 0 Å². The number of sulfone groups is 1. The Kier molecular flexibility index (Phi) is 6.36. The summed E-state index contributed by atoms with van der Waals surface area (Å²) in [4.78, 5) is 13.8. The number of hydrogen-bond donors (Lipinski definition) is 1. The van der Waals surface area contributed by atoms with Crippen LogP contribution in [0.3, 0.4) is 0 Å². The number of benzene rings is 1. The minimum absolute atomic E-state index is 0.0499. The SMILES string of the molecule is CN(CC(=O)NC/C=C/c1ccccc1)CC1CCS(=O)(=O)C1. The first-order valence-electron chi connectivity index (χ1n) is 7.82. The molecule has 1 unspecified atom stereocenters. The zero-order chi connectivity index (χ0) is 16.7. The molecule has 1 N–H and O–H groups in total. The molecule has 1 amide bonds. The highest BCUT2D eigenvalue weighted by atomic mass is 32.2. The first kappa shape index (κ1) is 17.7. The van der Waals surface area contributed by atoms with Gasteiger partial charge in [0.05, 0.1) is 18.1 Å². The van der Waals surface area contributed by atoms with Gasteiger partial charge in [-0.2, -0.15) is 0 Å². The van der Waals surface area contributed by atoms with Crippen LogP contribution in [-0.2, 0) is 14.6 Å². The first-order chi connectivity index (χ1) is 10.9. The number of likely N-dealkylation sites (N-methyl/N-ethyl adjacent to an activating group) is 1. The summed E-state index contributed by atoms with van der Waals surface area (Å²) in [5.41, 5.74) is 1.10. The Morgan fingerprint density at radius 2 is 2.09 bits per heavy atom. The van der Waals surface area contributed by atoms with E-state index in [4.69, 9.17) is 0 Å². The van der Waals surface area contributed by atoms with Crippen LogP contribution in [0.25, 0.3) is 6.08 Å². The van der Waals surface area contributed by atoms with Crippen LogP contribution in [0.4, 0.5) is 0 Å². The molecular weight excluding hydrogens is 312 g/mol. The summed E-state index contributed by atoms with van der Waals surface area (Å²) >= 11 is 0. The van der Waals surface area contributed by atoms with Crippen molar-refractivity contribution in [2.24, 2.45) is 5.92 Å². The van der Waals surface area contributed by atoms with Gasteiger partial charge in [0.15, 0.2) is 9.84 Å². The van der Waals surface area contributed by atoms with Crippen molar-refractivity contribution in [3.8, 4) is 0 Å². The van der Waals surface area contributed by atoms with Crippen LogP contribution in [0.15, 0.2) is 36.4 Å². The van der Waals surface area contributed by atoms with Crippen LogP contribution in [0, 0.1) is 5.92 Å². The van der Waals surface area contributed by atoms with Crippen molar-refractivity contribution in [1.29, 1.82) is 0 Å². The van der Waals surface area contributed by atoms with Gasteiger partial charge in [0.2, 0.25) is 5.91 Å². The maximum absolute atomic E-state index is 11.9. The average molecular weight is 336 g/mol. The molecule has 1 atom stereocenters. The smallest absolute Gasteiger partial charge is 0.234 e. The maximum Gasteiger partial charge on any atom is 0.234 e. The third-order valence-electron chi connectivity index (χ3n) is 3.84. The van der Waals surface area contributed by atoms with E-state index >= 15 is 0 Å². The van der Waals surface area contributed by atoms with Crippen LogP contribution in [0.5, 0.6) is 0 Å². The molecule has 0 aromatic heterocycles. The van der Waals surface area contributed by atoms with Crippen LogP contribution in [0.2, 0.25) is 0 Å². The summed E-state index contributed by atoms with van der Waals surface area (Å²) in [6.45, 7) is 1.42. The lowest BCUT2D eigenvalue weighted by atomic mass is 10.1. The Bertz CT molecular complexity index is 641. The second-order valence-electron chi connectivity index (χ2n) is 6.08. The molecule has 126 valence electrons. The maximum atomic E-state index is 11.9. The first-order valence-corrected chi connectivity index (χ1v) is 9.64. The molecular formula is C17H24N2O3S. The van der Waals surface area contributed by atoms with Gasteiger partial charge < -0.3 is 5.32 Å². The number of carbonyl (C=O) groups is 1. The predicted octanol–water partition coefficient (Wildman–Crippen LogP) is 1.18. The van der Waals surface area contributed by atoms with E-state index < -0.39 is 9.84 Å². The normalized spacial score (nSPS) is 20.2. The van der Waals surface area contributed by atoms with E-state index in [-0.39, 0.29) is 29.9 Å². The zero-order valence-corrected chi connectivity index (χ0v) is 14.3. The average Bonchev–Trinajstić information content (AvgIpc) is 2.83. The van der Waals surface area contributed by atoms with Crippen molar-refractivity contribution < 1.29 is 13.2 Å². The zero-order valence-electron chi connectivity index (χ0n) is 13.4. The van der Waals surface area contributed by atoms with Crippen molar-refractivity contribution in [1.82, 2.24) is 10.2 Å². The lowest BCUT2D eigenvalue weighted by Gasteiger charge is -2.19. The molecule has 1 heterocycles. The van der Waals surface area contributed by atoms with E-state index in [1.165, 1.54) is 0 Å². The van der Waals surface area contributed by atoms with Crippen LogP contribution >= 0.6 is 0 Å². The summed E-state index contributed by atoms with van der Waals surface area (Å²) in [7, 11) is -0.998. The summed E-state index contributed by atoms with van der Waals surface area (Å²) in [6.07, 6.45) is 4.58. The Balaban J connectivity index is 1.65. The van der Waals surface area contributed by atoms with Crippen LogP contribution in [0.1, 0.15) is 12.0 Å². The second kappa shape index (κ2) is 8.26. The van der Waals surface area contributed by atoms with Crippen molar-refractivity contribution >= 4 is 21.8 Å².